The average molecular weight is 432 g/mol. The van der Waals surface area contributed by atoms with Crippen LogP contribution in [0.4, 0.5) is 23.2 Å². The zero-order valence-electron chi connectivity index (χ0n) is 15.9. The van der Waals surface area contributed by atoms with E-state index in [9.17, 15) is 22.4 Å². The molecule has 0 unspecified atom stereocenters. The van der Waals surface area contributed by atoms with E-state index >= 15 is 0 Å². The van der Waals surface area contributed by atoms with Crippen molar-refractivity contribution in [3.63, 3.8) is 0 Å². The number of amides is 1. The summed E-state index contributed by atoms with van der Waals surface area (Å²) >= 11 is 0. The summed E-state index contributed by atoms with van der Waals surface area (Å²) in [5.41, 5.74) is 8.75. The number of nitrogens with zero attached hydrogens (tertiary/aromatic N) is 4. The molecule has 0 saturated heterocycles. The molecular formula is C20H16F4N6O. The number of nitrogens with two attached hydrogens (primary N) is 1. The summed E-state index contributed by atoms with van der Waals surface area (Å²) < 4.78 is 54.7. The van der Waals surface area contributed by atoms with Gasteiger partial charge >= 0.3 is 6.18 Å². The monoisotopic (exact) mass is 432 g/mol. The number of nitrogens with one attached hydrogen (secondary N) is 1. The third-order valence-electron chi connectivity index (χ3n) is 4.72. The maximum absolute atomic E-state index is 14.5. The van der Waals surface area contributed by atoms with Crippen molar-refractivity contribution in [1.29, 1.82) is 0 Å². The van der Waals surface area contributed by atoms with Crippen molar-refractivity contribution in [2.45, 2.75) is 25.4 Å². The lowest BCUT2D eigenvalue weighted by Gasteiger charge is -2.12. The van der Waals surface area contributed by atoms with Gasteiger partial charge in [-0.05, 0) is 18.2 Å². The van der Waals surface area contributed by atoms with Gasteiger partial charge in [0.1, 0.15) is 11.5 Å². The smallest absolute Gasteiger partial charge is 0.394 e. The molecule has 1 amide bonds. The number of hydrogen-bond donors (Lipinski definition) is 2. The van der Waals surface area contributed by atoms with E-state index in [0.29, 0.717) is 11.4 Å². The second-order valence-corrected chi connectivity index (χ2v) is 6.89. The number of halogens is 4. The van der Waals surface area contributed by atoms with E-state index in [1.807, 2.05) is 0 Å². The standard InChI is InChI=1S/C20H16F4N6O/c21-14-4-2-1-3-12(14)19-13(10-30(29-19)16-5-6-17(31)28-27-16)11-7-8-26-15(18(11)25)9-20(22,23)24/h1-4,7-8,10H,5-6,9,25H2,(H,28,31). The maximum atomic E-state index is 14.5. The molecule has 0 radical (unpaired) electrons. The highest BCUT2D eigenvalue weighted by atomic mass is 19.4. The number of hydrazone groups is 1. The van der Waals surface area contributed by atoms with Crippen LogP contribution >= 0.6 is 0 Å². The van der Waals surface area contributed by atoms with Crippen LogP contribution in [-0.2, 0) is 11.2 Å². The number of aromatic nitrogens is 3. The number of pyridine rings is 1. The molecule has 1 aliphatic rings. The molecule has 3 N–H and O–H groups in total. The van der Waals surface area contributed by atoms with Gasteiger partial charge in [0.05, 0.1) is 17.8 Å². The lowest BCUT2D eigenvalue weighted by Crippen LogP contribution is -2.29. The molecular weight excluding hydrogens is 416 g/mol. The highest BCUT2D eigenvalue weighted by molar-refractivity contribution is 5.94. The SMILES string of the molecule is Nc1c(-c2cn(C3=NNC(=O)CC3)nc2-c2ccccc2F)ccnc1CC(F)(F)F. The lowest BCUT2D eigenvalue weighted by molar-refractivity contribution is -0.127. The van der Waals surface area contributed by atoms with E-state index in [1.54, 1.807) is 6.07 Å². The van der Waals surface area contributed by atoms with Crippen LogP contribution < -0.4 is 11.2 Å². The molecule has 1 aliphatic heterocycles. The van der Waals surface area contributed by atoms with Gasteiger partial charge in [-0.3, -0.25) is 9.78 Å². The van der Waals surface area contributed by atoms with Crippen molar-refractivity contribution >= 4 is 17.4 Å². The van der Waals surface area contributed by atoms with Crippen LogP contribution in [0, 0.1) is 5.82 Å². The first-order valence-corrected chi connectivity index (χ1v) is 9.24. The molecule has 0 aliphatic carbocycles. The van der Waals surface area contributed by atoms with Crippen molar-refractivity contribution in [2.24, 2.45) is 5.10 Å². The first-order chi connectivity index (χ1) is 14.7. The van der Waals surface area contributed by atoms with Gasteiger partial charge in [-0.1, -0.05) is 12.1 Å². The quantitative estimate of drug-likeness (QED) is 0.619. The molecule has 0 atom stereocenters. The summed E-state index contributed by atoms with van der Waals surface area (Å²) in [7, 11) is 0. The predicted octanol–water partition coefficient (Wildman–Crippen LogP) is 3.51. The van der Waals surface area contributed by atoms with E-state index in [4.69, 9.17) is 5.73 Å². The molecule has 3 aromatic rings. The van der Waals surface area contributed by atoms with E-state index < -0.39 is 18.4 Å². The van der Waals surface area contributed by atoms with Gasteiger partial charge in [0.15, 0.2) is 5.84 Å². The van der Waals surface area contributed by atoms with Crippen LogP contribution in [0.25, 0.3) is 22.4 Å². The van der Waals surface area contributed by atoms with Crippen molar-refractivity contribution in [3.8, 4) is 22.4 Å². The molecule has 3 heterocycles. The fourth-order valence-electron chi connectivity index (χ4n) is 3.27. The van der Waals surface area contributed by atoms with E-state index in [2.05, 4.69) is 20.6 Å². The fraction of sp³-hybridized carbons (Fsp3) is 0.200. The van der Waals surface area contributed by atoms with Gasteiger partial charge in [0.25, 0.3) is 0 Å². The third kappa shape index (κ3) is 4.25. The largest absolute Gasteiger partial charge is 0.397 e. The number of nitrogen functional groups attached to an aromatic ring is 1. The number of carbonyl (C=O) groups is 1. The Morgan fingerprint density at radius 1 is 1.10 bits per heavy atom. The van der Waals surface area contributed by atoms with E-state index in [-0.39, 0.29) is 47.0 Å². The minimum Gasteiger partial charge on any atom is -0.397 e. The van der Waals surface area contributed by atoms with Crippen LogP contribution in [0.5, 0.6) is 0 Å². The van der Waals surface area contributed by atoms with Crippen LogP contribution in [-0.4, -0.2) is 32.7 Å². The van der Waals surface area contributed by atoms with Gasteiger partial charge in [-0.25, -0.2) is 14.5 Å². The summed E-state index contributed by atoms with van der Waals surface area (Å²) in [6.07, 6.45) is -2.60. The predicted molar refractivity (Wildman–Crippen MR) is 105 cm³/mol. The van der Waals surface area contributed by atoms with E-state index in [1.165, 1.54) is 41.3 Å². The summed E-state index contributed by atoms with van der Waals surface area (Å²) in [4.78, 5) is 15.1. The average Bonchev–Trinajstić information content (AvgIpc) is 3.14. The Kier molecular flexibility index (Phi) is 5.17. The molecule has 0 bridgehead atoms. The molecule has 2 aromatic heterocycles. The molecule has 11 heteroatoms. The number of anilines is 1. The number of hydrogen-bond acceptors (Lipinski definition) is 5. The number of rotatable bonds is 3. The first-order valence-electron chi connectivity index (χ1n) is 9.24. The zero-order valence-corrected chi connectivity index (χ0v) is 15.9. The number of alkyl halides is 3. The minimum absolute atomic E-state index is 0.144. The summed E-state index contributed by atoms with van der Waals surface area (Å²) in [5.74, 6) is -0.414. The highest BCUT2D eigenvalue weighted by Crippen LogP contribution is 2.37. The molecule has 0 spiro atoms. The molecule has 160 valence electrons. The normalized spacial score (nSPS) is 14.3. The highest BCUT2D eigenvalue weighted by Gasteiger charge is 2.31. The second kappa shape index (κ2) is 7.82. The summed E-state index contributed by atoms with van der Waals surface area (Å²) in [5, 5.41) is 8.37. The Labute approximate surface area is 173 Å². The summed E-state index contributed by atoms with van der Waals surface area (Å²) in [6, 6.07) is 7.33. The van der Waals surface area contributed by atoms with Gasteiger partial charge in [0, 0.05) is 41.9 Å². The molecule has 0 saturated carbocycles. The van der Waals surface area contributed by atoms with Gasteiger partial charge in [-0.15, -0.1) is 0 Å². The van der Waals surface area contributed by atoms with Crippen molar-refractivity contribution in [2.75, 3.05) is 5.73 Å². The Balaban J connectivity index is 1.88. The first kappa shape index (κ1) is 20.5. The minimum atomic E-state index is -4.49. The Morgan fingerprint density at radius 2 is 1.87 bits per heavy atom. The Bertz CT molecular complexity index is 1180. The number of benzene rings is 1. The molecule has 31 heavy (non-hydrogen) atoms. The van der Waals surface area contributed by atoms with Crippen LogP contribution in [0.15, 0.2) is 47.8 Å². The third-order valence-corrected chi connectivity index (χ3v) is 4.72. The zero-order chi connectivity index (χ0) is 22.2. The van der Waals surface area contributed by atoms with Crippen LogP contribution in [0.1, 0.15) is 18.5 Å². The van der Waals surface area contributed by atoms with Crippen LogP contribution in [0.3, 0.4) is 0 Å². The van der Waals surface area contributed by atoms with Crippen molar-refractivity contribution in [1.82, 2.24) is 20.2 Å². The topological polar surface area (TPSA) is 98.2 Å². The second-order valence-electron chi connectivity index (χ2n) is 6.89. The Hall–Kier alpha value is -3.76. The molecule has 4 rings (SSSR count). The van der Waals surface area contributed by atoms with Crippen molar-refractivity contribution < 1.29 is 22.4 Å². The fourth-order valence-corrected chi connectivity index (χ4v) is 3.27. The lowest BCUT2D eigenvalue weighted by atomic mass is 9.99. The molecule has 1 aromatic carbocycles. The van der Waals surface area contributed by atoms with Crippen molar-refractivity contribution in [3.05, 3.63) is 54.2 Å². The number of carbonyl (C=O) groups excluding carboxylic acids is 1. The van der Waals surface area contributed by atoms with E-state index in [0.717, 1.165) is 0 Å². The van der Waals surface area contributed by atoms with Gasteiger partial charge in [0.2, 0.25) is 5.91 Å². The van der Waals surface area contributed by atoms with Gasteiger partial charge < -0.3 is 5.73 Å². The van der Waals surface area contributed by atoms with Crippen LogP contribution in [0.2, 0.25) is 0 Å². The maximum Gasteiger partial charge on any atom is 0.394 e. The molecule has 0 fully saturated rings. The van der Waals surface area contributed by atoms with Gasteiger partial charge in [-0.2, -0.15) is 23.4 Å². The summed E-state index contributed by atoms with van der Waals surface area (Å²) in [6.45, 7) is 0. The Morgan fingerprint density at radius 3 is 2.55 bits per heavy atom. The molecule has 7 nitrogen and oxygen atoms in total.